The molecule has 1 aromatic rings. The summed E-state index contributed by atoms with van der Waals surface area (Å²) in [5.41, 5.74) is 6.93. The topological polar surface area (TPSA) is 63.4 Å². The lowest BCUT2D eigenvalue weighted by Gasteiger charge is -2.28. The maximum Gasteiger partial charge on any atom is 0.238 e. The molecule has 2 aliphatic carbocycles. The minimum absolute atomic E-state index is 0.0499. The standard InChI is InChI=1S/C15H14Br2N2O2/c16-12-8-5-9(13(12)17)11-10(8)14(20)19(15(11)21)7-3-1-6(18)2-4-7/h1-4,8-13H,5,18H2/t8-,9-,10-,11+,12+,13+/m1/s1. The van der Waals surface area contributed by atoms with Gasteiger partial charge in [-0.05, 0) is 42.5 Å². The van der Waals surface area contributed by atoms with Gasteiger partial charge in [-0.25, -0.2) is 0 Å². The Kier molecular flexibility index (Phi) is 2.99. The quantitative estimate of drug-likeness (QED) is 0.437. The second-order valence-corrected chi connectivity index (χ2v) is 8.22. The number of nitrogen functional groups attached to an aromatic ring is 1. The molecule has 6 heteroatoms. The number of fused-ring (bicyclic) bond motifs is 5. The van der Waals surface area contributed by atoms with Crippen LogP contribution in [0.4, 0.5) is 11.4 Å². The number of nitrogens with zero attached hydrogens (tertiary/aromatic N) is 1. The molecule has 2 amide bonds. The number of anilines is 2. The lowest BCUT2D eigenvalue weighted by atomic mass is 9.81. The van der Waals surface area contributed by atoms with E-state index in [0.29, 0.717) is 11.4 Å². The zero-order chi connectivity index (χ0) is 14.9. The van der Waals surface area contributed by atoms with E-state index in [1.165, 1.54) is 4.90 Å². The number of nitrogens with two attached hydrogens (primary N) is 1. The smallest absolute Gasteiger partial charge is 0.238 e. The van der Waals surface area contributed by atoms with Gasteiger partial charge in [-0.2, -0.15) is 0 Å². The second kappa shape index (κ2) is 4.56. The molecule has 6 atom stereocenters. The van der Waals surface area contributed by atoms with Gasteiger partial charge in [-0.1, -0.05) is 31.9 Å². The molecule has 4 rings (SSSR count). The van der Waals surface area contributed by atoms with Gasteiger partial charge >= 0.3 is 0 Å². The summed E-state index contributed by atoms with van der Waals surface area (Å²) >= 11 is 7.37. The van der Waals surface area contributed by atoms with Gasteiger partial charge < -0.3 is 5.73 Å². The Morgan fingerprint density at radius 1 is 0.952 bits per heavy atom. The van der Waals surface area contributed by atoms with E-state index in [4.69, 9.17) is 5.73 Å². The summed E-state index contributed by atoms with van der Waals surface area (Å²) < 4.78 is 0. The molecule has 0 radical (unpaired) electrons. The van der Waals surface area contributed by atoms with Gasteiger partial charge in [0.15, 0.2) is 0 Å². The highest BCUT2D eigenvalue weighted by Gasteiger charge is 2.66. The zero-order valence-electron chi connectivity index (χ0n) is 11.1. The Balaban J connectivity index is 1.73. The van der Waals surface area contributed by atoms with Crippen LogP contribution in [0, 0.1) is 23.7 Å². The van der Waals surface area contributed by atoms with Crippen molar-refractivity contribution in [3.8, 4) is 0 Å². The third-order valence-corrected chi connectivity index (χ3v) is 8.35. The van der Waals surface area contributed by atoms with Gasteiger partial charge in [-0.3, -0.25) is 14.5 Å². The maximum atomic E-state index is 12.8. The fourth-order valence-corrected chi connectivity index (χ4v) is 6.10. The van der Waals surface area contributed by atoms with Gasteiger partial charge in [0.1, 0.15) is 0 Å². The zero-order valence-corrected chi connectivity index (χ0v) is 14.2. The first-order valence-corrected chi connectivity index (χ1v) is 8.85. The minimum atomic E-state index is -0.168. The summed E-state index contributed by atoms with van der Waals surface area (Å²) in [5.74, 6) is 0.0629. The van der Waals surface area contributed by atoms with Gasteiger partial charge in [0, 0.05) is 15.3 Å². The number of imide groups is 1. The fourth-order valence-electron chi connectivity index (χ4n) is 4.23. The molecule has 2 saturated carbocycles. The van der Waals surface area contributed by atoms with Crippen molar-refractivity contribution >= 4 is 55.0 Å². The molecule has 1 heterocycles. The number of carbonyl (C=O) groups is 2. The number of benzene rings is 1. The SMILES string of the molecule is Nc1ccc(N2C(=O)[C@@H]3[C@H]4C[C@@H]([C@H](Br)[C@H]4Br)[C@@H]3C2=O)cc1. The first kappa shape index (κ1) is 13.8. The van der Waals surface area contributed by atoms with Crippen LogP contribution >= 0.6 is 31.9 Å². The average molecular weight is 414 g/mol. The number of rotatable bonds is 1. The Hall–Kier alpha value is -0.880. The van der Waals surface area contributed by atoms with E-state index in [-0.39, 0.29) is 45.1 Å². The van der Waals surface area contributed by atoms with E-state index in [0.717, 1.165) is 6.42 Å². The van der Waals surface area contributed by atoms with E-state index >= 15 is 0 Å². The van der Waals surface area contributed by atoms with Crippen molar-refractivity contribution in [3.05, 3.63) is 24.3 Å². The molecule has 21 heavy (non-hydrogen) atoms. The Morgan fingerprint density at radius 3 is 1.90 bits per heavy atom. The lowest BCUT2D eigenvalue weighted by molar-refractivity contribution is -0.123. The van der Waals surface area contributed by atoms with Gasteiger partial charge in [-0.15, -0.1) is 0 Å². The number of alkyl halides is 2. The maximum absolute atomic E-state index is 12.8. The van der Waals surface area contributed by atoms with Crippen LogP contribution < -0.4 is 10.6 Å². The highest BCUT2D eigenvalue weighted by Crippen LogP contribution is 2.60. The Morgan fingerprint density at radius 2 is 1.43 bits per heavy atom. The highest BCUT2D eigenvalue weighted by molar-refractivity contribution is 9.12. The summed E-state index contributed by atoms with van der Waals surface area (Å²) in [5, 5.41) is 0. The average Bonchev–Trinajstić information content (AvgIpc) is 3.06. The third-order valence-electron chi connectivity index (χ3n) is 5.14. The fraction of sp³-hybridized carbons (Fsp3) is 0.467. The van der Waals surface area contributed by atoms with Gasteiger partial charge in [0.2, 0.25) is 11.8 Å². The van der Waals surface area contributed by atoms with Crippen LogP contribution in [-0.4, -0.2) is 21.5 Å². The van der Waals surface area contributed by atoms with Crippen LogP contribution in [0.25, 0.3) is 0 Å². The summed E-state index contributed by atoms with van der Waals surface area (Å²) in [4.78, 5) is 27.4. The molecule has 2 bridgehead atoms. The molecule has 0 aromatic heterocycles. The van der Waals surface area contributed by atoms with Crippen molar-refractivity contribution in [1.82, 2.24) is 0 Å². The van der Waals surface area contributed by atoms with E-state index in [1.54, 1.807) is 24.3 Å². The monoisotopic (exact) mass is 412 g/mol. The number of carbonyl (C=O) groups excluding carboxylic acids is 2. The van der Waals surface area contributed by atoms with E-state index in [2.05, 4.69) is 31.9 Å². The third kappa shape index (κ3) is 1.72. The number of hydrogen-bond donors (Lipinski definition) is 1. The van der Waals surface area contributed by atoms with E-state index < -0.39 is 0 Å². The molecular formula is C15H14Br2N2O2. The molecule has 1 aliphatic heterocycles. The Labute approximate surface area is 139 Å². The van der Waals surface area contributed by atoms with Gasteiger partial charge in [0.05, 0.1) is 17.5 Å². The second-order valence-electron chi connectivity index (χ2n) is 6.11. The molecule has 3 aliphatic rings. The van der Waals surface area contributed by atoms with E-state index in [1.807, 2.05) is 0 Å². The molecule has 4 nitrogen and oxygen atoms in total. The largest absolute Gasteiger partial charge is 0.399 e. The Bertz CT molecular complexity index is 601. The molecule has 1 aromatic carbocycles. The minimum Gasteiger partial charge on any atom is -0.399 e. The van der Waals surface area contributed by atoms with Crippen molar-refractivity contribution in [2.75, 3.05) is 10.6 Å². The predicted molar refractivity (Wildman–Crippen MR) is 87.4 cm³/mol. The van der Waals surface area contributed by atoms with Crippen LogP contribution in [0.2, 0.25) is 0 Å². The van der Waals surface area contributed by atoms with E-state index in [9.17, 15) is 9.59 Å². The molecule has 1 saturated heterocycles. The molecule has 3 fully saturated rings. The van der Waals surface area contributed by atoms with Crippen molar-refractivity contribution < 1.29 is 9.59 Å². The number of halogens is 2. The molecule has 0 spiro atoms. The van der Waals surface area contributed by atoms with Crippen molar-refractivity contribution in [2.45, 2.75) is 16.1 Å². The van der Waals surface area contributed by atoms with Crippen LogP contribution in [0.15, 0.2) is 24.3 Å². The summed E-state index contributed by atoms with van der Waals surface area (Å²) in [6.07, 6.45) is 0.953. The first-order chi connectivity index (χ1) is 10.0. The van der Waals surface area contributed by atoms with Crippen LogP contribution in [0.5, 0.6) is 0 Å². The number of amides is 2. The van der Waals surface area contributed by atoms with Crippen molar-refractivity contribution in [3.63, 3.8) is 0 Å². The summed E-state index contributed by atoms with van der Waals surface area (Å²) in [7, 11) is 0. The van der Waals surface area contributed by atoms with Crippen LogP contribution in [0.3, 0.4) is 0 Å². The highest BCUT2D eigenvalue weighted by atomic mass is 79.9. The van der Waals surface area contributed by atoms with Crippen molar-refractivity contribution in [2.24, 2.45) is 23.7 Å². The van der Waals surface area contributed by atoms with Crippen molar-refractivity contribution in [1.29, 1.82) is 0 Å². The summed E-state index contributed by atoms with van der Waals surface area (Å²) in [6, 6.07) is 6.93. The predicted octanol–water partition coefficient (Wildman–Crippen LogP) is 2.55. The molecule has 0 unspecified atom stereocenters. The van der Waals surface area contributed by atoms with Crippen LogP contribution in [-0.2, 0) is 9.59 Å². The lowest BCUT2D eigenvalue weighted by Crippen LogP contribution is -2.37. The number of hydrogen-bond acceptors (Lipinski definition) is 3. The molecular weight excluding hydrogens is 400 g/mol. The van der Waals surface area contributed by atoms with Crippen LogP contribution in [0.1, 0.15) is 6.42 Å². The first-order valence-electron chi connectivity index (χ1n) is 7.02. The normalized spacial score (nSPS) is 41.0. The van der Waals surface area contributed by atoms with Gasteiger partial charge in [0.25, 0.3) is 0 Å². The molecule has 2 N–H and O–H groups in total. The molecule has 110 valence electrons. The summed E-state index contributed by atoms with van der Waals surface area (Å²) in [6.45, 7) is 0.